The quantitative estimate of drug-likeness (QED) is 0.464. The Kier molecular flexibility index (Phi) is 7.07. The first kappa shape index (κ1) is 25.5. The number of carbonyl (C=O) groups excluding carboxylic acids is 1. The van der Waals surface area contributed by atoms with Gasteiger partial charge in [-0.1, -0.05) is 19.1 Å². The van der Waals surface area contributed by atoms with Crippen LogP contribution in [0.4, 0.5) is 18.0 Å². The minimum absolute atomic E-state index is 0.393. The van der Waals surface area contributed by atoms with Gasteiger partial charge in [0.2, 0.25) is 0 Å². The summed E-state index contributed by atoms with van der Waals surface area (Å²) < 4.78 is 70.5. The van der Waals surface area contributed by atoms with Crippen molar-refractivity contribution >= 4 is 16.2 Å². The van der Waals surface area contributed by atoms with E-state index in [0.29, 0.717) is 31.5 Å². The number of piperidine rings is 1. The van der Waals surface area contributed by atoms with E-state index >= 15 is 0 Å². The van der Waals surface area contributed by atoms with Crippen LogP contribution in [0.25, 0.3) is 0 Å². The summed E-state index contributed by atoms with van der Waals surface area (Å²) in [4.78, 5) is 14.0. The summed E-state index contributed by atoms with van der Waals surface area (Å²) in [5, 5.41) is 0. The number of amides is 1. The number of alkyl halides is 3. The molecule has 0 N–H and O–H groups in total. The molecule has 1 aromatic rings. The fourth-order valence-corrected chi connectivity index (χ4v) is 3.96. The summed E-state index contributed by atoms with van der Waals surface area (Å²) >= 11 is 0. The van der Waals surface area contributed by atoms with Crippen LogP contribution in [0.15, 0.2) is 12.1 Å². The number of ether oxygens (including phenoxy) is 1. The van der Waals surface area contributed by atoms with Gasteiger partial charge >= 0.3 is 21.7 Å². The lowest BCUT2D eigenvalue weighted by molar-refractivity contribution is -0.0548. The van der Waals surface area contributed by atoms with Gasteiger partial charge in [0.25, 0.3) is 0 Å². The van der Waals surface area contributed by atoms with Crippen molar-refractivity contribution in [1.82, 2.24) is 4.90 Å². The van der Waals surface area contributed by atoms with Crippen LogP contribution in [0.3, 0.4) is 0 Å². The summed E-state index contributed by atoms with van der Waals surface area (Å²) in [5.74, 6) is 0. The Balaban J connectivity index is 2.26. The Bertz CT molecular complexity index is 928. The highest BCUT2D eigenvalue weighted by Gasteiger charge is 2.47. The van der Waals surface area contributed by atoms with Gasteiger partial charge in [-0.2, -0.15) is 21.6 Å². The molecule has 0 aliphatic carbocycles. The second-order valence-electron chi connectivity index (χ2n) is 9.28. The molecule has 0 spiro atoms. The number of halogens is 3. The lowest BCUT2D eigenvalue weighted by atomic mass is 9.72. The number of hydrogen-bond donors (Lipinski definition) is 0. The number of likely N-dealkylation sites (tertiary alicyclic amines) is 1. The molecular weight excluding hydrogens is 435 g/mol. The van der Waals surface area contributed by atoms with Crippen molar-refractivity contribution < 1.29 is 35.3 Å². The molecule has 1 fully saturated rings. The molecule has 0 unspecified atom stereocenters. The Morgan fingerprint density at radius 1 is 1.10 bits per heavy atom. The van der Waals surface area contributed by atoms with Gasteiger partial charge in [-0.3, -0.25) is 4.18 Å². The lowest BCUT2D eigenvalue weighted by Crippen LogP contribution is -2.46. The van der Waals surface area contributed by atoms with Crippen LogP contribution < -0.4 is 0 Å². The minimum atomic E-state index is -5.69. The van der Waals surface area contributed by atoms with E-state index in [2.05, 4.69) is 4.18 Å². The molecule has 0 atom stereocenters. The molecule has 0 radical (unpaired) electrons. The van der Waals surface area contributed by atoms with E-state index in [4.69, 9.17) is 4.74 Å². The van der Waals surface area contributed by atoms with Gasteiger partial charge in [-0.05, 0) is 75.1 Å². The van der Waals surface area contributed by atoms with Crippen molar-refractivity contribution in [3.05, 3.63) is 34.4 Å². The fourth-order valence-electron chi connectivity index (χ4n) is 3.54. The molecule has 1 saturated heterocycles. The van der Waals surface area contributed by atoms with Gasteiger partial charge in [0, 0.05) is 13.1 Å². The Labute approximate surface area is 181 Å². The Morgan fingerprint density at radius 2 is 1.61 bits per heavy atom. The van der Waals surface area contributed by atoms with Crippen LogP contribution in [-0.4, -0.2) is 43.6 Å². The number of hydrogen-bond acceptors (Lipinski definition) is 5. The van der Waals surface area contributed by atoms with Gasteiger partial charge in [-0.25, -0.2) is 4.79 Å². The maximum atomic E-state index is 12.7. The van der Waals surface area contributed by atoms with Crippen molar-refractivity contribution in [3.8, 4) is 0 Å². The zero-order valence-electron chi connectivity index (χ0n) is 18.7. The molecule has 0 saturated carbocycles. The van der Waals surface area contributed by atoms with Crippen LogP contribution in [-0.2, 0) is 31.1 Å². The first-order valence-corrected chi connectivity index (χ1v) is 11.4. The number of aryl methyl sites for hydroxylation is 2. The topological polar surface area (TPSA) is 72.9 Å². The smallest absolute Gasteiger partial charge is 0.444 e. The van der Waals surface area contributed by atoms with Crippen molar-refractivity contribution in [1.29, 1.82) is 0 Å². The molecule has 176 valence electrons. The van der Waals surface area contributed by atoms with Crippen molar-refractivity contribution in [2.75, 3.05) is 13.1 Å². The monoisotopic (exact) mass is 465 g/mol. The maximum absolute atomic E-state index is 12.7. The SMILES string of the molecule is Cc1cc(COS(=O)(=O)C(F)(F)F)c(C2(C)CCN(C(=O)OC(C)(C)C)CC2)cc1C. The predicted octanol–water partition coefficient (Wildman–Crippen LogP) is 4.96. The van der Waals surface area contributed by atoms with Gasteiger partial charge in [0.1, 0.15) is 5.60 Å². The maximum Gasteiger partial charge on any atom is 0.523 e. The molecule has 31 heavy (non-hydrogen) atoms. The number of nitrogens with zero attached hydrogens (tertiary/aromatic N) is 1. The third kappa shape index (κ3) is 6.12. The Morgan fingerprint density at radius 3 is 2.10 bits per heavy atom. The third-order valence-electron chi connectivity index (χ3n) is 5.54. The summed E-state index contributed by atoms with van der Waals surface area (Å²) in [6.45, 7) is 11.1. The third-order valence-corrected chi connectivity index (χ3v) is 6.54. The van der Waals surface area contributed by atoms with E-state index in [0.717, 1.165) is 16.7 Å². The number of carbonyl (C=O) groups is 1. The molecule has 1 heterocycles. The minimum Gasteiger partial charge on any atom is -0.444 e. The average molecular weight is 466 g/mol. The molecule has 0 aromatic heterocycles. The Hall–Kier alpha value is -1.81. The first-order valence-electron chi connectivity index (χ1n) is 9.99. The molecule has 0 bridgehead atoms. The average Bonchev–Trinajstić information content (AvgIpc) is 2.60. The molecule has 1 aliphatic rings. The van der Waals surface area contributed by atoms with Crippen LogP contribution in [0.1, 0.15) is 62.8 Å². The van der Waals surface area contributed by atoms with E-state index in [1.54, 1.807) is 38.7 Å². The van der Waals surface area contributed by atoms with Crippen LogP contribution in [0, 0.1) is 13.8 Å². The molecule has 1 aliphatic heterocycles. The molecule has 1 aromatic carbocycles. The first-order chi connectivity index (χ1) is 14.0. The molecular formula is C21H30F3NO5S. The second kappa shape index (κ2) is 8.61. The van der Waals surface area contributed by atoms with Crippen molar-refractivity contribution in [3.63, 3.8) is 0 Å². The largest absolute Gasteiger partial charge is 0.523 e. The highest BCUT2D eigenvalue weighted by molar-refractivity contribution is 7.87. The lowest BCUT2D eigenvalue weighted by Gasteiger charge is -2.41. The molecule has 6 nitrogen and oxygen atoms in total. The van der Waals surface area contributed by atoms with Crippen molar-refractivity contribution in [2.24, 2.45) is 0 Å². The van der Waals surface area contributed by atoms with Gasteiger partial charge in [0.05, 0.1) is 6.61 Å². The number of rotatable bonds is 4. The predicted molar refractivity (Wildman–Crippen MR) is 110 cm³/mol. The summed E-state index contributed by atoms with van der Waals surface area (Å²) in [6.07, 6.45) is 0.691. The van der Waals surface area contributed by atoms with E-state index in [-0.39, 0.29) is 0 Å². The standard InChI is InChI=1S/C21H30F3NO5S/c1-14-11-16(13-29-31(27,28)21(22,23)24)17(12-15(14)2)20(6)7-9-25(10-8-20)18(26)30-19(3,4)5/h11-12H,7-10,13H2,1-6H3. The summed E-state index contributed by atoms with van der Waals surface area (Å²) in [7, 11) is -5.69. The zero-order valence-corrected chi connectivity index (χ0v) is 19.5. The van der Waals surface area contributed by atoms with Crippen molar-refractivity contribution in [2.45, 2.75) is 77.5 Å². The van der Waals surface area contributed by atoms with Crippen LogP contribution in [0.2, 0.25) is 0 Å². The van der Waals surface area contributed by atoms with Crippen LogP contribution in [0.5, 0.6) is 0 Å². The number of benzene rings is 1. The highest BCUT2D eigenvalue weighted by atomic mass is 32.2. The highest BCUT2D eigenvalue weighted by Crippen LogP contribution is 2.39. The summed E-state index contributed by atoms with van der Waals surface area (Å²) in [5.41, 5.74) is -3.66. The second-order valence-corrected chi connectivity index (χ2v) is 10.9. The zero-order chi connectivity index (χ0) is 23.8. The molecule has 10 heteroatoms. The van der Waals surface area contributed by atoms with Gasteiger partial charge in [0.15, 0.2) is 0 Å². The fraction of sp³-hybridized carbons (Fsp3) is 0.667. The van der Waals surface area contributed by atoms with Crippen LogP contribution >= 0.6 is 0 Å². The summed E-state index contributed by atoms with van der Waals surface area (Å²) in [6, 6.07) is 3.54. The van der Waals surface area contributed by atoms with E-state index in [9.17, 15) is 26.4 Å². The van der Waals surface area contributed by atoms with E-state index in [1.165, 1.54) is 0 Å². The van der Waals surface area contributed by atoms with Gasteiger partial charge in [-0.15, -0.1) is 0 Å². The molecule has 1 amide bonds. The normalized spacial score (nSPS) is 17.5. The van der Waals surface area contributed by atoms with E-state index < -0.39 is 39.3 Å². The van der Waals surface area contributed by atoms with E-state index in [1.807, 2.05) is 19.9 Å². The molecule has 2 rings (SSSR count). The van der Waals surface area contributed by atoms with Gasteiger partial charge < -0.3 is 9.64 Å².